The number of hydrogen-bond acceptors (Lipinski definition) is 3. The summed E-state index contributed by atoms with van der Waals surface area (Å²) in [5, 5.41) is 2.91. The van der Waals surface area contributed by atoms with Crippen molar-refractivity contribution in [2.24, 2.45) is 0 Å². The molecule has 0 atom stereocenters. The smallest absolute Gasteiger partial charge is 0.406 e. The highest BCUT2D eigenvalue weighted by atomic mass is 19.4. The highest BCUT2D eigenvalue weighted by Crippen LogP contribution is 2.24. The average Bonchev–Trinajstić information content (AvgIpc) is 2.38. The fourth-order valence-electron chi connectivity index (χ4n) is 1.48. The number of alkyl halides is 3. The standard InChI is InChI=1S/C14H10F3NO2/c15-14(16,17)20-13-7-3-11(4-8-13)18-9-10-1-5-12(19)6-2-10/h1-9,18H. The first-order valence-corrected chi connectivity index (χ1v) is 5.65. The molecule has 2 rings (SSSR count). The highest BCUT2D eigenvalue weighted by molar-refractivity contribution is 6.01. The Labute approximate surface area is 113 Å². The molecule has 1 aliphatic rings. The van der Waals surface area contributed by atoms with E-state index in [1.54, 1.807) is 18.4 Å². The molecule has 1 aromatic carbocycles. The molecule has 1 aliphatic carbocycles. The Hall–Kier alpha value is -2.50. The lowest BCUT2D eigenvalue weighted by atomic mass is 10.1. The Morgan fingerprint density at radius 3 is 2.15 bits per heavy atom. The third-order valence-corrected chi connectivity index (χ3v) is 2.37. The van der Waals surface area contributed by atoms with E-state index in [1.807, 2.05) is 0 Å². The molecule has 0 radical (unpaired) electrons. The molecule has 1 aromatic rings. The largest absolute Gasteiger partial charge is 0.573 e. The molecule has 0 heterocycles. The van der Waals surface area contributed by atoms with E-state index in [0.29, 0.717) is 5.69 Å². The van der Waals surface area contributed by atoms with E-state index in [2.05, 4.69) is 10.1 Å². The number of benzene rings is 1. The molecule has 0 amide bonds. The molecule has 0 aromatic heterocycles. The van der Waals surface area contributed by atoms with Crippen LogP contribution >= 0.6 is 0 Å². The first kappa shape index (κ1) is 13.9. The Morgan fingerprint density at radius 2 is 1.60 bits per heavy atom. The molecule has 0 aliphatic heterocycles. The lowest BCUT2D eigenvalue weighted by Crippen LogP contribution is -2.16. The molecular formula is C14H10F3NO2. The van der Waals surface area contributed by atoms with E-state index in [9.17, 15) is 18.0 Å². The first-order chi connectivity index (χ1) is 9.42. The topological polar surface area (TPSA) is 38.3 Å². The summed E-state index contributed by atoms with van der Waals surface area (Å²) in [4.78, 5) is 10.9. The molecule has 0 bridgehead atoms. The maximum absolute atomic E-state index is 12.0. The third kappa shape index (κ3) is 4.31. The molecule has 6 heteroatoms. The van der Waals surface area contributed by atoms with Crippen molar-refractivity contribution in [3.63, 3.8) is 0 Å². The van der Waals surface area contributed by atoms with Crippen LogP contribution in [-0.2, 0) is 4.79 Å². The number of hydrogen-bond donors (Lipinski definition) is 1. The van der Waals surface area contributed by atoms with Crippen LogP contribution in [0.5, 0.6) is 5.75 Å². The number of carbonyl (C=O) groups excluding carboxylic acids is 1. The fraction of sp³-hybridized carbons (Fsp3) is 0.0714. The fourth-order valence-corrected chi connectivity index (χ4v) is 1.48. The second-order valence-corrected chi connectivity index (χ2v) is 3.93. The lowest BCUT2D eigenvalue weighted by molar-refractivity contribution is -0.274. The SMILES string of the molecule is O=C1C=CC(=CNc2ccc(OC(F)(F)F)cc2)C=C1. The average molecular weight is 281 g/mol. The van der Waals surface area contributed by atoms with Gasteiger partial charge in [-0.25, -0.2) is 0 Å². The molecule has 0 saturated carbocycles. The number of allylic oxidation sites excluding steroid dienone is 5. The van der Waals surface area contributed by atoms with Crippen molar-refractivity contribution in [1.82, 2.24) is 0 Å². The van der Waals surface area contributed by atoms with Gasteiger partial charge in [0.25, 0.3) is 0 Å². The second kappa shape index (κ2) is 5.64. The quantitative estimate of drug-likeness (QED) is 0.920. The van der Waals surface area contributed by atoms with Gasteiger partial charge in [0.2, 0.25) is 0 Å². The van der Waals surface area contributed by atoms with E-state index in [1.165, 1.54) is 36.4 Å². The Kier molecular flexibility index (Phi) is 3.93. The Morgan fingerprint density at radius 1 is 1.00 bits per heavy atom. The van der Waals surface area contributed by atoms with Gasteiger partial charge in [0.15, 0.2) is 5.78 Å². The van der Waals surface area contributed by atoms with Crippen LogP contribution in [0.25, 0.3) is 0 Å². The van der Waals surface area contributed by atoms with Gasteiger partial charge in [-0.15, -0.1) is 13.2 Å². The van der Waals surface area contributed by atoms with E-state index >= 15 is 0 Å². The van der Waals surface area contributed by atoms with Crippen LogP contribution in [0.3, 0.4) is 0 Å². The number of ketones is 1. The van der Waals surface area contributed by atoms with Gasteiger partial charge >= 0.3 is 6.36 Å². The van der Waals surface area contributed by atoms with Gasteiger partial charge in [0, 0.05) is 11.9 Å². The van der Waals surface area contributed by atoms with Gasteiger partial charge in [-0.05, 0) is 54.1 Å². The summed E-state index contributed by atoms with van der Waals surface area (Å²) in [5.74, 6) is -0.366. The van der Waals surface area contributed by atoms with Crippen LogP contribution in [0.1, 0.15) is 0 Å². The van der Waals surface area contributed by atoms with Crippen molar-refractivity contribution < 1.29 is 22.7 Å². The minimum Gasteiger partial charge on any atom is -0.406 e. The number of rotatable bonds is 3. The monoisotopic (exact) mass is 281 g/mol. The lowest BCUT2D eigenvalue weighted by Gasteiger charge is -2.09. The van der Waals surface area contributed by atoms with Crippen LogP contribution in [-0.4, -0.2) is 12.1 Å². The van der Waals surface area contributed by atoms with Gasteiger partial charge in [-0.3, -0.25) is 4.79 Å². The number of anilines is 1. The molecule has 0 fully saturated rings. The first-order valence-electron chi connectivity index (χ1n) is 5.65. The summed E-state index contributed by atoms with van der Waals surface area (Å²) in [6.07, 6.45) is 3.06. The van der Waals surface area contributed by atoms with E-state index in [-0.39, 0.29) is 11.5 Å². The van der Waals surface area contributed by atoms with Crippen LogP contribution in [0, 0.1) is 0 Å². The molecule has 20 heavy (non-hydrogen) atoms. The van der Waals surface area contributed by atoms with Crippen molar-refractivity contribution >= 4 is 11.5 Å². The maximum atomic E-state index is 12.0. The summed E-state index contributed by atoms with van der Waals surface area (Å²) in [6.45, 7) is 0. The summed E-state index contributed by atoms with van der Waals surface area (Å²) >= 11 is 0. The zero-order valence-corrected chi connectivity index (χ0v) is 10.1. The zero-order chi connectivity index (χ0) is 14.6. The van der Waals surface area contributed by atoms with Crippen molar-refractivity contribution in [3.8, 4) is 5.75 Å². The Bertz CT molecular complexity index is 565. The molecule has 1 N–H and O–H groups in total. The second-order valence-electron chi connectivity index (χ2n) is 3.93. The van der Waals surface area contributed by atoms with Crippen molar-refractivity contribution in [2.45, 2.75) is 6.36 Å². The molecular weight excluding hydrogens is 271 g/mol. The number of carbonyl (C=O) groups is 1. The Balaban J connectivity index is 1.98. The van der Waals surface area contributed by atoms with Crippen molar-refractivity contribution in [3.05, 3.63) is 60.3 Å². The molecule has 0 spiro atoms. The van der Waals surface area contributed by atoms with Crippen LogP contribution in [0.4, 0.5) is 18.9 Å². The van der Waals surface area contributed by atoms with E-state index in [0.717, 1.165) is 5.57 Å². The third-order valence-electron chi connectivity index (χ3n) is 2.37. The van der Waals surface area contributed by atoms with Gasteiger partial charge in [0.05, 0.1) is 0 Å². The van der Waals surface area contributed by atoms with Crippen molar-refractivity contribution in [2.75, 3.05) is 5.32 Å². The minimum atomic E-state index is -4.69. The van der Waals surface area contributed by atoms with Gasteiger partial charge in [-0.2, -0.15) is 0 Å². The summed E-state index contributed by atoms with van der Waals surface area (Å²) in [5.41, 5.74) is 1.38. The number of ether oxygens (including phenoxy) is 1. The van der Waals surface area contributed by atoms with Crippen LogP contribution in [0.15, 0.2) is 60.3 Å². The highest BCUT2D eigenvalue weighted by Gasteiger charge is 2.30. The van der Waals surface area contributed by atoms with E-state index in [4.69, 9.17) is 0 Å². The normalized spacial score (nSPS) is 14.3. The maximum Gasteiger partial charge on any atom is 0.573 e. The predicted molar refractivity (Wildman–Crippen MR) is 68.1 cm³/mol. The van der Waals surface area contributed by atoms with Gasteiger partial charge in [0.1, 0.15) is 5.75 Å². The number of halogens is 3. The van der Waals surface area contributed by atoms with Crippen LogP contribution < -0.4 is 10.1 Å². The minimum absolute atomic E-state index is 0.0872. The van der Waals surface area contributed by atoms with Gasteiger partial charge in [-0.1, -0.05) is 0 Å². The molecule has 104 valence electrons. The van der Waals surface area contributed by atoms with Crippen molar-refractivity contribution in [1.29, 1.82) is 0 Å². The molecule has 0 saturated heterocycles. The predicted octanol–water partition coefficient (Wildman–Crippen LogP) is 3.58. The van der Waals surface area contributed by atoms with E-state index < -0.39 is 6.36 Å². The molecule has 3 nitrogen and oxygen atoms in total. The summed E-state index contributed by atoms with van der Waals surface area (Å²) < 4.78 is 39.7. The summed E-state index contributed by atoms with van der Waals surface area (Å²) in [7, 11) is 0. The van der Waals surface area contributed by atoms with Gasteiger partial charge < -0.3 is 10.1 Å². The molecule has 0 unspecified atom stereocenters. The zero-order valence-electron chi connectivity index (χ0n) is 10.1. The number of nitrogens with one attached hydrogen (secondary N) is 1. The van der Waals surface area contributed by atoms with Crippen LogP contribution in [0.2, 0.25) is 0 Å². The summed E-state index contributed by atoms with van der Waals surface area (Å²) in [6, 6.07) is 5.34.